The molecule has 2 heterocycles. The second-order valence-electron chi connectivity index (χ2n) is 7.63. The molecule has 1 aliphatic rings. The largest absolute Gasteiger partial charge is 0.345 e. The predicted molar refractivity (Wildman–Crippen MR) is 108 cm³/mol. The van der Waals surface area contributed by atoms with Crippen molar-refractivity contribution in [2.24, 2.45) is 17.1 Å². The van der Waals surface area contributed by atoms with E-state index >= 15 is 0 Å². The third kappa shape index (κ3) is 5.42. The monoisotopic (exact) mass is 423 g/mol. The van der Waals surface area contributed by atoms with Crippen molar-refractivity contribution in [1.82, 2.24) is 9.21 Å². The second-order valence-corrected chi connectivity index (χ2v) is 11.1. The van der Waals surface area contributed by atoms with Crippen LogP contribution in [0.25, 0.3) is 0 Å². The van der Waals surface area contributed by atoms with Gasteiger partial charge in [0.2, 0.25) is 5.91 Å². The molecule has 1 unspecified atom stereocenters. The van der Waals surface area contributed by atoms with Gasteiger partial charge < -0.3 is 10.6 Å². The van der Waals surface area contributed by atoms with Crippen molar-refractivity contribution in [3.8, 4) is 0 Å². The van der Waals surface area contributed by atoms with Gasteiger partial charge in [-0.15, -0.1) is 23.7 Å². The number of piperidine rings is 1. The highest BCUT2D eigenvalue weighted by Crippen LogP contribution is 2.29. The molecule has 1 saturated heterocycles. The first-order valence-corrected chi connectivity index (χ1v) is 10.8. The van der Waals surface area contributed by atoms with Crippen LogP contribution in [0, 0.1) is 18.3 Å². The first-order valence-electron chi connectivity index (χ1n) is 8.58. The summed E-state index contributed by atoms with van der Waals surface area (Å²) < 4.78 is 27.4. The number of nitrogens with zero attached hydrogens (tertiary/aromatic N) is 2. The molecule has 1 aromatic rings. The lowest BCUT2D eigenvalue weighted by Crippen LogP contribution is -2.48. The average molecular weight is 424 g/mol. The molecule has 26 heavy (non-hydrogen) atoms. The summed E-state index contributed by atoms with van der Waals surface area (Å²) in [7, 11) is -1.74. The van der Waals surface area contributed by atoms with Crippen LogP contribution >= 0.6 is 23.7 Å². The maximum atomic E-state index is 12.8. The van der Waals surface area contributed by atoms with Crippen molar-refractivity contribution in [3.63, 3.8) is 0 Å². The highest BCUT2D eigenvalue weighted by molar-refractivity contribution is 7.91. The van der Waals surface area contributed by atoms with Gasteiger partial charge in [-0.05, 0) is 43.9 Å². The lowest BCUT2D eigenvalue weighted by molar-refractivity contribution is -0.136. The van der Waals surface area contributed by atoms with Crippen LogP contribution in [0.1, 0.15) is 31.6 Å². The Bertz CT molecular complexity index is 719. The van der Waals surface area contributed by atoms with Gasteiger partial charge in [-0.1, -0.05) is 13.8 Å². The van der Waals surface area contributed by atoms with Gasteiger partial charge in [-0.2, -0.15) is 4.31 Å². The zero-order valence-electron chi connectivity index (χ0n) is 15.9. The molecular formula is C17H30ClN3O3S2. The number of sulfonamides is 1. The Hall–Kier alpha value is -0.670. The molecule has 1 amide bonds. The maximum absolute atomic E-state index is 12.8. The molecule has 1 fully saturated rings. The van der Waals surface area contributed by atoms with Gasteiger partial charge in [0.25, 0.3) is 10.0 Å². The summed E-state index contributed by atoms with van der Waals surface area (Å²) in [4.78, 5) is 15.4. The Morgan fingerprint density at radius 1 is 1.42 bits per heavy atom. The highest BCUT2D eigenvalue weighted by Gasteiger charge is 2.35. The number of aryl methyl sites for hydroxylation is 1. The van der Waals surface area contributed by atoms with Crippen molar-refractivity contribution in [2.45, 2.75) is 37.8 Å². The van der Waals surface area contributed by atoms with Crippen LogP contribution in [0.3, 0.4) is 0 Å². The molecule has 0 saturated carbocycles. The van der Waals surface area contributed by atoms with Gasteiger partial charge in [0.05, 0.1) is 5.92 Å². The Labute approximate surface area is 167 Å². The highest BCUT2D eigenvalue weighted by atomic mass is 35.5. The molecule has 9 heteroatoms. The van der Waals surface area contributed by atoms with E-state index in [-0.39, 0.29) is 36.2 Å². The van der Waals surface area contributed by atoms with Crippen LogP contribution in [0.2, 0.25) is 0 Å². The third-order valence-corrected chi connectivity index (χ3v) is 7.97. The summed E-state index contributed by atoms with van der Waals surface area (Å²) in [6.45, 7) is 7.72. The SMILES string of the molecule is Cc1ccc(S(=O)(=O)N2CCCC(C(=O)N(C)CC(C)(C)CN)C2)s1.Cl. The van der Waals surface area contributed by atoms with Crippen molar-refractivity contribution >= 4 is 39.7 Å². The molecule has 0 radical (unpaired) electrons. The molecule has 0 spiro atoms. The number of nitrogens with two attached hydrogens (primary N) is 1. The smallest absolute Gasteiger partial charge is 0.252 e. The molecule has 150 valence electrons. The van der Waals surface area contributed by atoms with Gasteiger partial charge >= 0.3 is 0 Å². The number of carbonyl (C=O) groups excluding carboxylic acids is 1. The Morgan fingerprint density at radius 3 is 2.62 bits per heavy atom. The van der Waals surface area contributed by atoms with Crippen LogP contribution in [-0.2, 0) is 14.8 Å². The second kappa shape index (κ2) is 9.01. The van der Waals surface area contributed by atoms with Crippen molar-refractivity contribution in [1.29, 1.82) is 0 Å². The molecule has 0 bridgehead atoms. The minimum absolute atomic E-state index is 0. The van der Waals surface area contributed by atoms with E-state index in [1.165, 1.54) is 15.6 Å². The van der Waals surface area contributed by atoms with E-state index in [1.807, 2.05) is 26.8 Å². The van der Waals surface area contributed by atoms with Gasteiger partial charge in [0, 0.05) is 31.6 Å². The van der Waals surface area contributed by atoms with E-state index < -0.39 is 10.0 Å². The van der Waals surface area contributed by atoms with Crippen molar-refractivity contribution in [2.75, 3.05) is 33.2 Å². The minimum Gasteiger partial charge on any atom is -0.345 e. The maximum Gasteiger partial charge on any atom is 0.252 e. The molecule has 1 aliphatic heterocycles. The van der Waals surface area contributed by atoms with E-state index in [2.05, 4.69) is 0 Å². The Balaban J connectivity index is 0.00000338. The van der Waals surface area contributed by atoms with E-state index in [9.17, 15) is 13.2 Å². The fourth-order valence-corrected chi connectivity index (χ4v) is 6.10. The van der Waals surface area contributed by atoms with E-state index in [4.69, 9.17) is 5.73 Å². The van der Waals surface area contributed by atoms with Crippen LogP contribution in [0.5, 0.6) is 0 Å². The average Bonchev–Trinajstić information content (AvgIpc) is 3.01. The summed E-state index contributed by atoms with van der Waals surface area (Å²) in [5, 5.41) is 0. The standard InChI is InChI=1S/C17H29N3O3S2.ClH/c1-13-7-8-15(24-13)25(22,23)20-9-5-6-14(10-20)16(21)19(4)12-17(2,3)11-18;/h7-8,14H,5-6,9-12,18H2,1-4H3;1H. The molecular weight excluding hydrogens is 394 g/mol. The number of rotatable bonds is 6. The fraction of sp³-hybridized carbons (Fsp3) is 0.706. The molecule has 0 aromatic carbocycles. The summed E-state index contributed by atoms with van der Waals surface area (Å²) in [6.07, 6.45) is 1.43. The number of carbonyl (C=O) groups is 1. The first-order chi connectivity index (χ1) is 11.6. The predicted octanol–water partition coefficient (Wildman–Crippen LogP) is 2.32. The lowest BCUT2D eigenvalue weighted by atomic mass is 9.92. The quantitative estimate of drug-likeness (QED) is 0.760. The van der Waals surface area contributed by atoms with E-state index in [0.717, 1.165) is 11.3 Å². The Kier molecular flexibility index (Phi) is 8.10. The normalized spacial score (nSPS) is 19.0. The zero-order valence-corrected chi connectivity index (χ0v) is 18.3. The zero-order chi connectivity index (χ0) is 18.8. The van der Waals surface area contributed by atoms with E-state index in [0.29, 0.717) is 30.3 Å². The van der Waals surface area contributed by atoms with Crippen LogP contribution in [0.4, 0.5) is 0 Å². The first kappa shape index (κ1) is 23.4. The van der Waals surface area contributed by atoms with Crippen molar-refractivity contribution in [3.05, 3.63) is 17.0 Å². The van der Waals surface area contributed by atoms with Crippen LogP contribution in [0.15, 0.2) is 16.3 Å². The number of thiophene rings is 1. The molecule has 2 rings (SSSR count). The molecule has 6 nitrogen and oxygen atoms in total. The van der Waals surface area contributed by atoms with Gasteiger partial charge in [0.1, 0.15) is 4.21 Å². The summed E-state index contributed by atoms with van der Waals surface area (Å²) in [5.41, 5.74) is 5.60. The lowest BCUT2D eigenvalue weighted by Gasteiger charge is -2.35. The number of hydrogen-bond donors (Lipinski definition) is 1. The summed E-state index contributed by atoms with van der Waals surface area (Å²) >= 11 is 1.28. The van der Waals surface area contributed by atoms with Gasteiger partial charge in [-0.25, -0.2) is 8.42 Å². The minimum atomic E-state index is -3.51. The summed E-state index contributed by atoms with van der Waals surface area (Å²) in [5.74, 6) is -0.285. The number of hydrogen-bond acceptors (Lipinski definition) is 5. The van der Waals surface area contributed by atoms with Crippen LogP contribution < -0.4 is 5.73 Å². The summed E-state index contributed by atoms with van der Waals surface area (Å²) in [6, 6.07) is 3.46. The molecule has 2 N–H and O–H groups in total. The van der Waals surface area contributed by atoms with Gasteiger partial charge in [-0.3, -0.25) is 4.79 Å². The molecule has 1 atom stereocenters. The van der Waals surface area contributed by atoms with Crippen LogP contribution in [-0.4, -0.2) is 56.8 Å². The molecule has 1 aromatic heterocycles. The topological polar surface area (TPSA) is 83.7 Å². The molecule has 0 aliphatic carbocycles. The van der Waals surface area contributed by atoms with Crippen molar-refractivity contribution < 1.29 is 13.2 Å². The van der Waals surface area contributed by atoms with Gasteiger partial charge in [0.15, 0.2) is 0 Å². The number of amides is 1. The Morgan fingerprint density at radius 2 is 2.08 bits per heavy atom. The number of halogens is 1. The third-order valence-electron chi connectivity index (χ3n) is 4.64. The van der Waals surface area contributed by atoms with E-state index in [1.54, 1.807) is 18.0 Å². The fourth-order valence-electron chi connectivity index (χ4n) is 3.14.